The minimum Gasteiger partial charge on any atom is -0.478 e. The standard InChI is InChI=1S/C30H36FNO4/c1-19-10-11-22(15-28(19)31)16-30(4,5)32-17-24(33)18-36-21(3)26-8-6-7-9-27(26)23-12-13-25(29(34)35)20(2)14-23/h6-15,21,24,32-33H,16-18H2,1-5H3,(H,34,35)/t21?,24-/m0/s1. The van der Waals surface area contributed by atoms with Crippen molar-refractivity contribution in [1.29, 1.82) is 0 Å². The van der Waals surface area contributed by atoms with E-state index in [4.69, 9.17) is 4.74 Å². The first kappa shape index (κ1) is 27.5. The molecule has 3 N–H and O–H groups in total. The van der Waals surface area contributed by atoms with Crippen LogP contribution in [0.2, 0.25) is 0 Å². The van der Waals surface area contributed by atoms with Gasteiger partial charge in [0.15, 0.2) is 0 Å². The maximum atomic E-state index is 13.9. The zero-order valence-electron chi connectivity index (χ0n) is 21.6. The van der Waals surface area contributed by atoms with Crippen molar-refractivity contribution in [2.45, 2.75) is 58.8 Å². The molecule has 0 saturated carbocycles. The number of aryl methyl sites for hydroxylation is 2. The molecule has 2 atom stereocenters. The Morgan fingerprint density at radius 3 is 2.44 bits per heavy atom. The Morgan fingerprint density at radius 1 is 1.06 bits per heavy atom. The average Bonchev–Trinajstić information content (AvgIpc) is 2.83. The molecule has 0 fully saturated rings. The fraction of sp³-hybridized carbons (Fsp3) is 0.367. The first-order valence-corrected chi connectivity index (χ1v) is 12.2. The first-order chi connectivity index (χ1) is 17.0. The van der Waals surface area contributed by atoms with Crippen LogP contribution in [0.25, 0.3) is 11.1 Å². The third kappa shape index (κ3) is 7.23. The maximum Gasteiger partial charge on any atom is 0.335 e. The highest BCUT2D eigenvalue weighted by atomic mass is 19.1. The molecule has 3 aromatic carbocycles. The summed E-state index contributed by atoms with van der Waals surface area (Å²) in [4.78, 5) is 11.4. The van der Waals surface area contributed by atoms with Gasteiger partial charge in [0.1, 0.15) is 5.82 Å². The Balaban J connectivity index is 1.59. The fourth-order valence-electron chi connectivity index (χ4n) is 4.30. The number of aromatic carboxylic acids is 1. The summed E-state index contributed by atoms with van der Waals surface area (Å²) in [7, 11) is 0. The number of aliphatic hydroxyl groups is 1. The van der Waals surface area contributed by atoms with Gasteiger partial charge >= 0.3 is 5.97 Å². The van der Waals surface area contributed by atoms with E-state index in [1.165, 1.54) is 0 Å². The molecule has 0 aromatic heterocycles. The Hall–Kier alpha value is -3.06. The van der Waals surface area contributed by atoms with Gasteiger partial charge in [-0.25, -0.2) is 9.18 Å². The lowest BCUT2D eigenvalue weighted by molar-refractivity contribution is -0.00397. The SMILES string of the molecule is Cc1ccc(CC(C)(C)NC[C@H](O)COC(C)c2ccccc2-c2ccc(C(=O)O)c(C)c2)cc1F. The predicted molar refractivity (Wildman–Crippen MR) is 141 cm³/mol. The molecule has 3 aromatic rings. The molecule has 3 rings (SSSR count). The van der Waals surface area contributed by atoms with Gasteiger partial charge in [0.05, 0.1) is 24.4 Å². The number of rotatable bonds is 11. The number of ether oxygens (including phenoxy) is 1. The van der Waals surface area contributed by atoms with Gasteiger partial charge in [-0.15, -0.1) is 0 Å². The van der Waals surface area contributed by atoms with Crippen molar-refractivity contribution in [1.82, 2.24) is 5.32 Å². The number of carbonyl (C=O) groups is 1. The number of benzene rings is 3. The van der Waals surface area contributed by atoms with E-state index in [1.54, 1.807) is 32.0 Å². The quantitative estimate of drug-likeness (QED) is 0.312. The van der Waals surface area contributed by atoms with Crippen LogP contribution in [0, 0.1) is 19.7 Å². The van der Waals surface area contributed by atoms with Crippen molar-refractivity contribution in [2.24, 2.45) is 0 Å². The Labute approximate surface area is 213 Å². The van der Waals surface area contributed by atoms with Crippen molar-refractivity contribution < 1.29 is 24.1 Å². The van der Waals surface area contributed by atoms with Crippen LogP contribution in [0.4, 0.5) is 4.39 Å². The van der Waals surface area contributed by atoms with E-state index in [9.17, 15) is 19.4 Å². The highest BCUT2D eigenvalue weighted by Crippen LogP contribution is 2.31. The second kappa shape index (κ2) is 11.8. The summed E-state index contributed by atoms with van der Waals surface area (Å²) in [6, 6.07) is 18.4. The van der Waals surface area contributed by atoms with Crippen LogP contribution in [-0.2, 0) is 11.2 Å². The largest absolute Gasteiger partial charge is 0.478 e. The number of carboxylic acid groups (broad SMARTS) is 1. The lowest BCUT2D eigenvalue weighted by atomic mass is 9.94. The van der Waals surface area contributed by atoms with E-state index in [0.29, 0.717) is 24.1 Å². The fourth-order valence-corrected chi connectivity index (χ4v) is 4.30. The summed E-state index contributed by atoms with van der Waals surface area (Å²) in [5.74, 6) is -1.15. The average molecular weight is 494 g/mol. The summed E-state index contributed by atoms with van der Waals surface area (Å²) in [6.07, 6.45) is -0.369. The van der Waals surface area contributed by atoms with E-state index in [0.717, 1.165) is 22.3 Å². The van der Waals surface area contributed by atoms with Gasteiger partial charge in [0.2, 0.25) is 0 Å². The molecule has 0 spiro atoms. The number of hydrogen-bond acceptors (Lipinski definition) is 4. The molecule has 6 heteroatoms. The topological polar surface area (TPSA) is 78.8 Å². The summed E-state index contributed by atoms with van der Waals surface area (Å²) >= 11 is 0. The van der Waals surface area contributed by atoms with Crippen molar-refractivity contribution >= 4 is 5.97 Å². The summed E-state index contributed by atoms with van der Waals surface area (Å²) in [5.41, 5.74) is 5.01. The third-order valence-electron chi connectivity index (χ3n) is 6.40. The van der Waals surface area contributed by atoms with Gasteiger partial charge in [-0.3, -0.25) is 0 Å². The molecular weight excluding hydrogens is 457 g/mol. The second-order valence-electron chi connectivity index (χ2n) is 10.1. The molecule has 36 heavy (non-hydrogen) atoms. The van der Waals surface area contributed by atoms with Crippen molar-refractivity contribution in [3.63, 3.8) is 0 Å². The molecule has 5 nitrogen and oxygen atoms in total. The van der Waals surface area contributed by atoms with Gasteiger partial charge < -0.3 is 20.3 Å². The molecule has 0 saturated heterocycles. The smallest absolute Gasteiger partial charge is 0.335 e. The van der Waals surface area contributed by atoms with Gasteiger partial charge in [0, 0.05) is 12.1 Å². The van der Waals surface area contributed by atoms with Crippen LogP contribution >= 0.6 is 0 Å². The van der Waals surface area contributed by atoms with Gasteiger partial charge in [-0.05, 0) is 86.6 Å². The minimum atomic E-state index is -0.944. The molecule has 1 unspecified atom stereocenters. The molecule has 0 aliphatic carbocycles. The molecule has 0 radical (unpaired) electrons. The molecule has 0 heterocycles. The first-order valence-electron chi connectivity index (χ1n) is 12.2. The molecule has 0 aliphatic rings. The summed E-state index contributed by atoms with van der Waals surface area (Å²) in [6.45, 7) is 10.0. The highest BCUT2D eigenvalue weighted by Gasteiger charge is 2.21. The lowest BCUT2D eigenvalue weighted by Gasteiger charge is -2.28. The monoisotopic (exact) mass is 493 g/mol. The van der Waals surface area contributed by atoms with E-state index in [1.807, 2.05) is 63.2 Å². The number of nitrogens with one attached hydrogen (secondary N) is 1. The van der Waals surface area contributed by atoms with Crippen LogP contribution in [0.15, 0.2) is 60.7 Å². The normalized spacial score (nSPS) is 13.4. The summed E-state index contributed by atoms with van der Waals surface area (Å²) < 4.78 is 19.9. The van der Waals surface area contributed by atoms with Crippen molar-refractivity contribution in [3.8, 4) is 11.1 Å². The van der Waals surface area contributed by atoms with E-state index in [-0.39, 0.29) is 29.6 Å². The van der Waals surface area contributed by atoms with Crippen LogP contribution < -0.4 is 5.32 Å². The second-order valence-corrected chi connectivity index (χ2v) is 10.1. The Morgan fingerprint density at radius 2 is 1.78 bits per heavy atom. The minimum absolute atomic E-state index is 0.148. The summed E-state index contributed by atoms with van der Waals surface area (Å²) in [5, 5.41) is 23.2. The Kier molecular flexibility index (Phi) is 9.01. The number of carboxylic acids is 1. The highest BCUT2D eigenvalue weighted by molar-refractivity contribution is 5.90. The molecule has 192 valence electrons. The molecule has 0 aliphatic heterocycles. The number of hydrogen-bond donors (Lipinski definition) is 3. The van der Waals surface area contributed by atoms with Crippen molar-refractivity contribution in [3.05, 3.63) is 94.3 Å². The zero-order valence-corrected chi connectivity index (χ0v) is 21.6. The van der Waals surface area contributed by atoms with E-state index < -0.39 is 12.1 Å². The van der Waals surface area contributed by atoms with Crippen LogP contribution in [0.3, 0.4) is 0 Å². The zero-order chi connectivity index (χ0) is 26.5. The van der Waals surface area contributed by atoms with Gasteiger partial charge in [-0.1, -0.05) is 48.5 Å². The van der Waals surface area contributed by atoms with Crippen LogP contribution in [0.5, 0.6) is 0 Å². The predicted octanol–water partition coefficient (Wildman–Crippen LogP) is 5.86. The van der Waals surface area contributed by atoms with Crippen LogP contribution in [-0.4, -0.2) is 41.0 Å². The molecular formula is C30H36FNO4. The van der Waals surface area contributed by atoms with Gasteiger partial charge in [-0.2, -0.15) is 0 Å². The molecule has 0 bridgehead atoms. The number of aliphatic hydroxyl groups excluding tert-OH is 1. The molecule has 0 amide bonds. The lowest BCUT2D eigenvalue weighted by Crippen LogP contribution is -2.46. The van der Waals surface area contributed by atoms with E-state index >= 15 is 0 Å². The number of halogens is 1. The Bertz CT molecular complexity index is 1210. The van der Waals surface area contributed by atoms with Gasteiger partial charge in [0.25, 0.3) is 0 Å². The van der Waals surface area contributed by atoms with E-state index in [2.05, 4.69) is 5.32 Å². The van der Waals surface area contributed by atoms with Crippen molar-refractivity contribution in [2.75, 3.05) is 13.2 Å². The van der Waals surface area contributed by atoms with Crippen LogP contribution in [0.1, 0.15) is 59.5 Å². The third-order valence-corrected chi connectivity index (χ3v) is 6.40. The maximum absolute atomic E-state index is 13.9. The number of β-amino-alcohol motifs (C(OH)–C–C–N with tert-alkyl or cyclic N) is 1.